The second kappa shape index (κ2) is 6.23. The summed E-state index contributed by atoms with van der Waals surface area (Å²) in [7, 11) is 1.75. The van der Waals surface area contributed by atoms with Gasteiger partial charge in [0.2, 0.25) is 5.91 Å². The van der Waals surface area contributed by atoms with Gasteiger partial charge in [-0.3, -0.25) is 4.79 Å². The molecule has 1 saturated carbocycles. The van der Waals surface area contributed by atoms with Crippen LogP contribution in [-0.2, 0) is 9.53 Å². The molecule has 0 spiro atoms. The molecule has 2 fully saturated rings. The van der Waals surface area contributed by atoms with Gasteiger partial charge in [-0.25, -0.2) is 0 Å². The standard InChI is InChI=1S/C15H28N2O2/c1-12(2)16-13-5-4-9-17(14(13)18)11-15(6-7-15)8-10-19-3/h12-13,16H,4-11H2,1-3H3. The molecule has 1 saturated heterocycles. The van der Waals surface area contributed by atoms with Gasteiger partial charge in [0, 0.05) is 32.8 Å². The molecule has 4 nitrogen and oxygen atoms in total. The number of ether oxygens (including phenoxy) is 1. The lowest BCUT2D eigenvalue weighted by molar-refractivity contribution is -0.137. The number of amides is 1. The molecule has 2 aliphatic rings. The van der Waals surface area contributed by atoms with E-state index in [2.05, 4.69) is 24.1 Å². The van der Waals surface area contributed by atoms with Crippen LogP contribution in [-0.4, -0.2) is 49.7 Å². The second-order valence-corrected chi connectivity index (χ2v) is 6.52. The van der Waals surface area contributed by atoms with E-state index in [-0.39, 0.29) is 6.04 Å². The van der Waals surface area contributed by atoms with E-state index in [9.17, 15) is 4.79 Å². The van der Waals surface area contributed by atoms with Crippen LogP contribution >= 0.6 is 0 Å². The highest BCUT2D eigenvalue weighted by molar-refractivity contribution is 5.82. The molecule has 0 aromatic heterocycles. The Morgan fingerprint density at radius 2 is 2.21 bits per heavy atom. The third-order valence-corrected chi connectivity index (χ3v) is 4.39. The van der Waals surface area contributed by atoms with E-state index in [0.29, 0.717) is 17.4 Å². The summed E-state index contributed by atoms with van der Waals surface area (Å²) in [5, 5.41) is 3.39. The molecule has 1 N–H and O–H groups in total. The van der Waals surface area contributed by atoms with Gasteiger partial charge >= 0.3 is 0 Å². The number of hydrogen-bond acceptors (Lipinski definition) is 3. The van der Waals surface area contributed by atoms with Crippen LogP contribution in [0.4, 0.5) is 0 Å². The first-order chi connectivity index (χ1) is 9.06. The number of nitrogens with one attached hydrogen (secondary N) is 1. The summed E-state index contributed by atoms with van der Waals surface area (Å²) in [6, 6.07) is 0.407. The maximum atomic E-state index is 12.5. The van der Waals surface area contributed by atoms with Crippen LogP contribution in [0.1, 0.15) is 46.0 Å². The van der Waals surface area contributed by atoms with Crippen LogP contribution in [0.2, 0.25) is 0 Å². The summed E-state index contributed by atoms with van der Waals surface area (Å²) in [6.45, 7) is 6.89. The van der Waals surface area contributed by atoms with E-state index >= 15 is 0 Å². The summed E-state index contributed by atoms with van der Waals surface area (Å²) in [5.74, 6) is 0.309. The molecular weight excluding hydrogens is 240 g/mol. The number of rotatable bonds is 7. The Balaban J connectivity index is 1.87. The summed E-state index contributed by atoms with van der Waals surface area (Å²) in [5.41, 5.74) is 0.366. The van der Waals surface area contributed by atoms with Crippen molar-refractivity contribution in [3.8, 4) is 0 Å². The summed E-state index contributed by atoms with van der Waals surface area (Å²) in [6.07, 6.45) is 5.70. The molecule has 0 bridgehead atoms. The fraction of sp³-hybridized carbons (Fsp3) is 0.933. The monoisotopic (exact) mass is 268 g/mol. The van der Waals surface area contributed by atoms with Crippen LogP contribution in [0, 0.1) is 5.41 Å². The Kier molecular flexibility index (Phi) is 4.85. The van der Waals surface area contributed by atoms with E-state index in [0.717, 1.165) is 39.0 Å². The molecule has 1 amide bonds. The molecule has 4 heteroatoms. The lowest BCUT2D eigenvalue weighted by Crippen LogP contribution is -2.53. The maximum absolute atomic E-state index is 12.5. The first-order valence-electron chi connectivity index (χ1n) is 7.60. The van der Waals surface area contributed by atoms with E-state index in [4.69, 9.17) is 4.74 Å². The van der Waals surface area contributed by atoms with Crippen molar-refractivity contribution in [3.63, 3.8) is 0 Å². The molecule has 1 atom stereocenters. The molecule has 0 radical (unpaired) electrons. The summed E-state index contributed by atoms with van der Waals surface area (Å²) in [4.78, 5) is 14.6. The fourth-order valence-corrected chi connectivity index (χ4v) is 3.04. The number of carbonyl (C=O) groups excluding carboxylic acids is 1. The molecule has 110 valence electrons. The third-order valence-electron chi connectivity index (χ3n) is 4.39. The minimum absolute atomic E-state index is 0.0342. The molecule has 0 aromatic carbocycles. The Hall–Kier alpha value is -0.610. The van der Waals surface area contributed by atoms with Crippen molar-refractivity contribution >= 4 is 5.91 Å². The molecule has 19 heavy (non-hydrogen) atoms. The Morgan fingerprint density at radius 3 is 2.79 bits per heavy atom. The summed E-state index contributed by atoms with van der Waals surface area (Å²) >= 11 is 0. The zero-order chi connectivity index (χ0) is 13.9. The average molecular weight is 268 g/mol. The normalized spacial score (nSPS) is 26.0. The number of methoxy groups -OCH3 is 1. The molecule has 1 heterocycles. The van der Waals surface area contributed by atoms with Crippen molar-refractivity contribution in [3.05, 3.63) is 0 Å². The Bertz CT molecular complexity index is 313. The highest BCUT2D eigenvalue weighted by Gasteiger charge is 2.45. The van der Waals surface area contributed by atoms with Gasteiger partial charge in [-0.2, -0.15) is 0 Å². The quantitative estimate of drug-likeness (QED) is 0.765. The van der Waals surface area contributed by atoms with E-state index in [1.807, 2.05) is 0 Å². The van der Waals surface area contributed by atoms with Crippen molar-refractivity contribution in [1.29, 1.82) is 0 Å². The van der Waals surface area contributed by atoms with Gasteiger partial charge in [-0.05, 0) is 37.5 Å². The van der Waals surface area contributed by atoms with E-state index < -0.39 is 0 Å². The Labute approximate surface area is 116 Å². The number of nitrogens with zero attached hydrogens (tertiary/aromatic N) is 1. The highest BCUT2D eigenvalue weighted by atomic mass is 16.5. The lowest BCUT2D eigenvalue weighted by Gasteiger charge is -2.36. The first-order valence-corrected chi connectivity index (χ1v) is 7.60. The van der Waals surface area contributed by atoms with Crippen LogP contribution in [0.15, 0.2) is 0 Å². The van der Waals surface area contributed by atoms with Gasteiger partial charge in [0.25, 0.3) is 0 Å². The van der Waals surface area contributed by atoms with E-state index in [1.165, 1.54) is 12.8 Å². The number of piperidine rings is 1. The molecule has 1 unspecified atom stereocenters. The van der Waals surface area contributed by atoms with Gasteiger partial charge in [0.1, 0.15) is 0 Å². The van der Waals surface area contributed by atoms with Crippen LogP contribution < -0.4 is 5.32 Å². The van der Waals surface area contributed by atoms with Gasteiger partial charge in [-0.1, -0.05) is 13.8 Å². The first kappa shape index (κ1) is 14.8. The van der Waals surface area contributed by atoms with Gasteiger partial charge in [-0.15, -0.1) is 0 Å². The Morgan fingerprint density at radius 1 is 1.47 bits per heavy atom. The topological polar surface area (TPSA) is 41.6 Å². The second-order valence-electron chi connectivity index (χ2n) is 6.52. The largest absolute Gasteiger partial charge is 0.385 e. The predicted octanol–water partition coefficient (Wildman–Crippen LogP) is 1.79. The number of hydrogen-bond donors (Lipinski definition) is 1. The molecule has 0 aromatic rings. The van der Waals surface area contributed by atoms with Gasteiger partial charge in [0.05, 0.1) is 6.04 Å². The smallest absolute Gasteiger partial charge is 0.239 e. The van der Waals surface area contributed by atoms with Crippen LogP contribution in [0.3, 0.4) is 0 Å². The average Bonchev–Trinajstić information content (AvgIpc) is 3.12. The van der Waals surface area contributed by atoms with Crippen molar-refractivity contribution < 1.29 is 9.53 Å². The van der Waals surface area contributed by atoms with Crippen LogP contribution in [0.25, 0.3) is 0 Å². The minimum atomic E-state index is 0.0342. The molecular formula is C15H28N2O2. The minimum Gasteiger partial charge on any atom is -0.385 e. The van der Waals surface area contributed by atoms with Gasteiger partial charge in [0.15, 0.2) is 0 Å². The fourth-order valence-electron chi connectivity index (χ4n) is 3.04. The number of likely N-dealkylation sites (tertiary alicyclic amines) is 1. The van der Waals surface area contributed by atoms with Crippen molar-refractivity contribution in [1.82, 2.24) is 10.2 Å². The lowest BCUT2D eigenvalue weighted by atomic mass is 9.98. The zero-order valence-electron chi connectivity index (χ0n) is 12.6. The predicted molar refractivity (Wildman–Crippen MR) is 76.0 cm³/mol. The summed E-state index contributed by atoms with van der Waals surface area (Å²) < 4.78 is 5.19. The SMILES string of the molecule is COCCC1(CN2CCCC(NC(C)C)C2=O)CC1. The van der Waals surface area contributed by atoms with Crippen molar-refractivity contribution in [2.24, 2.45) is 5.41 Å². The van der Waals surface area contributed by atoms with Crippen molar-refractivity contribution in [2.75, 3.05) is 26.8 Å². The molecule has 1 aliphatic carbocycles. The van der Waals surface area contributed by atoms with Gasteiger partial charge < -0.3 is 15.0 Å². The highest BCUT2D eigenvalue weighted by Crippen LogP contribution is 2.49. The van der Waals surface area contributed by atoms with E-state index in [1.54, 1.807) is 7.11 Å². The van der Waals surface area contributed by atoms with Crippen LogP contribution in [0.5, 0.6) is 0 Å². The zero-order valence-corrected chi connectivity index (χ0v) is 12.6. The molecule has 1 aliphatic heterocycles. The van der Waals surface area contributed by atoms with Crippen molar-refractivity contribution in [2.45, 2.75) is 58.0 Å². The number of carbonyl (C=O) groups is 1. The molecule has 2 rings (SSSR count). The maximum Gasteiger partial charge on any atom is 0.239 e. The third kappa shape index (κ3) is 3.93.